The number of carbonyl (C=O) groups excluding carboxylic acids is 1. The molecule has 0 saturated heterocycles. The number of aliphatic carboxylic acids is 1. The highest BCUT2D eigenvalue weighted by Gasteiger charge is 2.30. The van der Waals surface area contributed by atoms with Crippen LogP contribution in [0.1, 0.15) is 36.2 Å². The van der Waals surface area contributed by atoms with Crippen LogP contribution in [0.15, 0.2) is 12.1 Å². The zero-order valence-electron chi connectivity index (χ0n) is 11.1. The first-order valence-corrected chi connectivity index (χ1v) is 6.68. The van der Waals surface area contributed by atoms with Gasteiger partial charge in [0, 0.05) is 6.54 Å². The van der Waals surface area contributed by atoms with Crippen molar-refractivity contribution in [3.8, 4) is 0 Å². The van der Waals surface area contributed by atoms with Crippen molar-refractivity contribution in [2.45, 2.75) is 25.7 Å². The van der Waals surface area contributed by atoms with E-state index in [-0.39, 0.29) is 17.5 Å². The molecule has 7 nitrogen and oxygen atoms in total. The van der Waals surface area contributed by atoms with E-state index in [4.69, 9.17) is 5.73 Å². The molecule has 2 rings (SSSR count). The predicted octanol–water partition coefficient (Wildman–Crippen LogP) is 0.878. The summed E-state index contributed by atoms with van der Waals surface area (Å²) in [6.07, 6.45) is 3.66. The van der Waals surface area contributed by atoms with Gasteiger partial charge in [0.1, 0.15) is 5.82 Å². The average molecular weight is 278 g/mol. The lowest BCUT2D eigenvalue weighted by molar-refractivity contribution is -0.144. The smallest absolute Gasteiger partial charge is 0.306 e. The number of hydrogen-bond acceptors (Lipinski definition) is 5. The molecule has 2 unspecified atom stereocenters. The van der Waals surface area contributed by atoms with E-state index < -0.39 is 11.9 Å². The second kappa shape index (κ2) is 6.31. The summed E-state index contributed by atoms with van der Waals surface area (Å²) in [7, 11) is 0. The molecule has 1 amide bonds. The van der Waals surface area contributed by atoms with Gasteiger partial charge in [0.15, 0.2) is 5.69 Å². The Morgan fingerprint density at radius 1 is 1.30 bits per heavy atom. The Bertz CT molecular complexity index is 489. The van der Waals surface area contributed by atoms with Gasteiger partial charge in [-0.1, -0.05) is 12.8 Å². The number of primary amides is 1. The van der Waals surface area contributed by atoms with Crippen LogP contribution in [0.2, 0.25) is 0 Å². The average Bonchev–Trinajstić information content (AvgIpc) is 2.45. The number of nitrogens with one attached hydrogen (secondary N) is 1. The minimum absolute atomic E-state index is 0.0962. The molecule has 4 N–H and O–H groups in total. The zero-order chi connectivity index (χ0) is 14.5. The number of carbonyl (C=O) groups is 2. The highest BCUT2D eigenvalue weighted by atomic mass is 16.4. The third kappa shape index (κ3) is 3.43. The van der Waals surface area contributed by atoms with Gasteiger partial charge in [-0.3, -0.25) is 9.59 Å². The van der Waals surface area contributed by atoms with Crippen LogP contribution in [-0.4, -0.2) is 33.7 Å². The van der Waals surface area contributed by atoms with Crippen LogP contribution < -0.4 is 11.1 Å². The third-order valence-corrected chi connectivity index (χ3v) is 3.69. The molecule has 2 atom stereocenters. The molecule has 1 heterocycles. The van der Waals surface area contributed by atoms with Crippen LogP contribution in [0.25, 0.3) is 0 Å². The van der Waals surface area contributed by atoms with Crippen LogP contribution in [0.4, 0.5) is 5.82 Å². The van der Waals surface area contributed by atoms with Crippen LogP contribution in [0.5, 0.6) is 0 Å². The maximum absolute atomic E-state index is 11.2. The first kappa shape index (κ1) is 14.2. The molecular formula is C13H18N4O3. The molecule has 1 saturated carbocycles. The summed E-state index contributed by atoms with van der Waals surface area (Å²) in [5, 5.41) is 19.8. The summed E-state index contributed by atoms with van der Waals surface area (Å²) >= 11 is 0. The number of anilines is 1. The fourth-order valence-electron chi connectivity index (χ4n) is 2.57. The molecule has 1 aromatic rings. The Balaban J connectivity index is 1.93. The van der Waals surface area contributed by atoms with Crippen molar-refractivity contribution in [3.63, 3.8) is 0 Å². The fraction of sp³-hybridized carbons (Fsp3) is 0.538. The van der Waals surface area contributed by atoms with E-state index in [1.807, 2.05) is 0 Å². The first-order chi connectivity index (χ1) is 9.58. The fourth-order valence-corrected chi connectivity index (χ4v) is 2.57. The molecule has 7 heteroatoms. The minimum atomic E-state index is -0.730. The first-order valence-electron chi connectivity index (χ1n) is 6.68. The maximum Gasteiger partial charge on any atom is 0.306 e. The Morgan fingerprint density at radius 2 is 2.05 bits per heavy atom. The van der Waals surface area contributed by atoms with Gasteiger partial charge in [-0.05, 0) is 30.9 Å². The molecule has 20 heavy (non-hydrogen) atoms. The molecule has 0 spiro atoms. The predicted molar refractivity (Wildman–Crippen MR) is 72.1 cm³/mol. The molecule has 1 fully saturated rings. The number of carboxylic acids is 1. The van der Waals surface area contributed by atoms with Crippen molar-refractivity contribution < 1.29 is 14.7 Å². The zero-order valence-corrected chi connectivity index (χ0v) is 11.1. The van der Waals surface area contributed by atoms with Crippen molar-refractivity contribution in [3.05, 3.63) is 17.8 Å². The highest BCUT2D eigenvalue weighted by molar-refractivity contribution is 5.90. The monoisotopic (exact) mass is 278 g/mol. The van der Waals surface area contributed by atoms with Gasteiger partial charge < -0.3 is 16.2 Å². The summed E-state index contributed by atoms with van der Waals surface area (Å²) in [6, 6.07) is 3.11. The van der Waals surface area contributed by atoms with Crippen LogP contribution in [0.3, 0.4) is 0 Å². The molecule has 1 aromatic heterocycles. The lowest BCUT2D eigenvalue weighted by Crippen LogP contribution is -2.32. The van der Waals surface area contributed by atoms with E-state index in [2.05, 4.69) is 15.5 Å². The van der Waals surface area contributed by atoms with Crippen LogP contribution in [-0.2, 0) is 4.79 Å². The van der Waals surface area contributed by atoms with Crippen molar-refractivity contribution in [2.24, 2.45) is 17.6 Å². The van der Waals surface area contributed by atoms with E-state index in [9.17, 15) is 14.7 Å². The molecular weight excluding hydrogens is 260 g/mol. The Hall–Kier alpha value is -2.18. The number of rotatable bonds is 5. The van der Waals surface area contributed by atoms with Crippen LogP contribution >= 0.6 is 0 Å². The van der Waals surface area contributed by atoms with Crippen molar-refractivity contribution in [2.75, 3.05) is 11.9 Å². The summed E-state index contributed by atoms with van der Waals surface area (Å²) in [6.45, 7) is 0.543. The van der Waals surface area contributed by atoms with Gasteiger partial charge in [0.05, 0.1) is 5.92 Å². The second-order valence-electron chi connectivity index (χ2n) is 5.04. The molecule has 0 aromatic carbocycles. The summed E-state index contributed by atoms with van der Waals surface area (Å²) in [5.74, 6) is -1.04. The summed E-state index contributed by atoms with van der Waals surface area (Å²) in [5.41, 5.74) is 5.19. The number of aromatic nitrogens is 2. The molecule has 0 aliphatic heterocycles. The van der Waals surface area contributed by atoms with Crippen molar-refractivity contribution in [1.29, 1.82) is 0 Å². The third-order valence-electron chi connectivity index (χ3n) is 3.69. The standard InChI is InChI=1S/C13H18N4O3/c14-12(18)10-5-6-11(17-16-10)15-7-8-3-1-2-4-9(8)13(19)20/h5-6,8-9H,1-4,7H2,(H2,14,18)(H,15,17)(H,19,20). The number of hydrogen-bond donors (Lipinski definition) is 3. The SMILES string of the molecule is NC(=O)c1ccc(NCC2CCCCC2C(=O)O)nn1. The number of nitrogens with two attached hydrogens (primary N) is 1. The molecule has 1 aliphatic carbocycles. The number of carboxylic acid groups (broad SMARTS) is 1. The highest BCUT2D eigenvalue weighted by Crippen LogP contribution is 2.30. The molecule has 1 aliphatic rings. The van der Waals surface area contributed by atoms with E-state index in [0.717, 1.165) is 25.7 Å². The van der Waals surface area contributed by atoms with E-state index in [1.54, 1.807) is 6.07 Å². The summed E-state index contributed by atoms with van der Waals surface area (Å²) < 4.78 is 0. The van der Waals surface area contributed by atoms with Gasteiger partial charge in [-0.25, -0.2) is 0 Å². The van der Waals surface area contributed by atoms with E-state index >= 15 is 0 Å². The van der Waals surface area contributed by atoms with Crippen LogP contribution in [0, 0.1) is 11.8 Å². The maximum atomic E-state index is 11.2. The second-order valence-corrected chi connectivity index (χ2v) is 5.04. The minimum Gasteiger partial charge on any atom is -0.481 e. The Labute approximate surface area is 116 Å². The topological polar surface area (TPSA) is 118 Å². The lowest BCUT2D eigenvalue weighted by atomic mass is 9.79. The lowest BCUT2D eigenvalue weighted by Gasteiger charge is -2.28. The normalized spacial score (nSPS) is 22.2. The quantitative estimate of drug-likeness (QED) is 0.735. The molecule has 108 valence electrons. The molecule has 0 bridgehead atoms. The number of amides is 1. The Morgan fingerprint density at radius 3 is 2.65 bits per heavy atom. The van der Waals surface area contributed by atoms with Gasteiger partial charge in [0.25, 0.3) is 5.91 Å². The molecule has 0 radical (unpaired) electrons. The van der Waals surface area contributed by atoms with Gasteiger partial charge >= 0.3 is 5.97 Å². The largest absolute Gasteiger partial charge is 0.481 e. The number of nitrogens with zero attached hydrogens (tertiary/aromatic N) is 2. The Kier molecular flexibility index (Phi) is 4.49. The van der Waals surface area contributed by atoms with Gasteiger partial charge in [-0.2, -0.15) is 0 Å². The van der Waals surface area contributed by atoms with Crippen molar-refractivity contribution in [1.82, 2.24) is 10.2 Å². The van der Waals surface area contributed by atoms with Gasteiger partial charge in [-0.15, -0.1) is 10.2 Å². The van der Waals surface area contributed by atoms with E-state index in [1.165, 1.54) is 6.07 Å². The summed E-state index contributed by atoms with van der Waals surface area (Å²) in [4.78, 5) is 22.1. The van der Waals surface area contributed by atoms with Gasteiger partial charge in [0.2, 0.25) is 0 Å². The van der Waals surface area contributed by atoms with Crippen molar-refractivity contribution >= 4 is 17.7 Å². The van der Waals surface area contributed by atoms with E-state index in [0.29, 0.717) is 12.4 Å².